The van der Waals surface area contributed by atoms with Gasteiger partial charge >= 0.3 is 0 Å². The van der Waals surface area contributed by atoms with Gasteiger partial charge < -0.3 is 16.0 Å². The van der Waals surface area contributed by atoms with Crippen LogP contribution in [0.1, 0.15) is 0 Å². The van der Waals surface area contributed by atoms with Crippen molar-refractivity contribution in [3.63, 3.8) is 0 Å². The van der Waals surface area contributed by atoms with Crippen LogP contribution in [-0.2, 0) is 14.4 Å². The van der Waals surface area contributed by atoms with Gasteiger partial charge in [-0.15, -0.1) is 0 Å². The average Bonchev–Trinajstić information content (AvgIpc) is 2.43. The predicted molar refractivity (Wildman–Crippen MR) is 73.1 cm³/mol. The summed E-state index contributed by atoms with van der Waals surface area (Å²) in [5.41, 5.74) is 0.0964. The van der Waals surface area contributed by atoms with Crippen LogP contribution in [0.25, 0.3) is 0 Å². The third-order valence-electron chi connectivity index (χ3n) is 2.60. The van der Waals surface area contributed by atoms with Crippen LogP contribution in [0.15, 0.2) is 36.5 Å². The van der Waals surface area contributed by atoms with Gasteiger partial charge in [0.1, 0.15) is 0 Å². The maximum absolute atomic E-state index is 11.6. The molecule has 0 aromatic rings. The summed E-state index contributed by atoms with van der Waals surface area (Å²) >= 11 is 0. The normalized spacial score (nSPS) is 9.47. The van der Waals surface area contributed by atoms with Crippen molar-refractivity contribution in [2.45, 2.75) is 0 Å². The largest absolute Gasteiger partial charge is 0.355 e. The van der Waals surface area contributed by atoms with Crippen molar-refractivity contribution in [2.24, 2.45) is 5.92 Å². The second-order valence-corrected chi connectivity index (χ2v) is 3.75. The van der Waals surface area contributed by atoms with Gasteiger partial charge in [-0.1, -0.05) is 19.7 Å². The highest BCUT2D eigenvalue weighted by atomic mass is 16.2. The second-order valence-electron chi connectivity index (χ2n) is 3.75. The predicted octanol–water partition coefficient (Wildman–Crippen LogP) is -0.491. The monoisotopic (exact) mass is 265 g/mol. The Balaban J connectivity index is 5.50. The number of nitrogens with one attached hydrogen (secondary N) is 3. The number of carbonyl (C=O) groups is 3. The molecule has 0 bridgehead atoms. The van der Waals surface area contributed by atoms with Crippen molar-refractivity contribution in [3.8, 4) is 0 Å². The van der Waals surface area contributed by atoms with E-state index in [0.29, 0.717) is 0 Å². The van der Waals surface area contributed by atoms with Crippen molar-refractivity contribution in [1.29, 1.82) is 0 Å². The summed E-state index contributed by atoms with van der Waals surface area (Å²) in [6.45, 7) is 10.8. The maximum Gasteiger partial charge on any atom is 0.247 e. The Kier molecular flexibility index (Phi) is 6.26. The van der Waals surface area contributed by atoms with Gasteiger partial charge in [-0.05, 0) is 0 Å². The third-order valence-corrected chi connectivity index (χ3v) is 2.60. The first-order valence-corrected chi connectivity index (χ1v) is 5.54. The molecule has 0 unspecified atom stereocenters. The Labute approximate surface area is 112 Å². The van der Waals surface area contributed by atoms with E-state index in [0.717, 1.165) is 0 Å². The van der Waals surface area contributed by atoms with E-state index in [1.165, 1.54) is 21.1 Å². The fourth-order valence-electron chi connectivity index (χ4n) is 1.51. The topological polar surface area (TPSA) is 87.3 Å². The summed E-state index contributed by atoms with van der Waals surface area (Å²) in [7, 11) is 4.28. The molecular formula is C13H19N3O3. The second kappa shape index (κ2) is 7.15. The molecule has 0 heterocycles. The van der Waals surface area contributed by atoms with Gasteiger partial charge in [-0.25, -0.2) is 0 Å². The zero-order valence-corrected chi connectivity index (χ0v) is 11.4. The molecular weight excluding hydrogens is 246 g/mol. The lowest BCUT2D eigenvalue weighted by Crippen LogP contribution is -2.34. The smallest absolute Gasteiger partial charge is 0.247 e. The molecule has 3 amide bonds. The summed E-state index contributed by atoms with van der Waals surface area (Å²) in [5, 5.41) is 7.15. The lowest BCUT2D eigenvalue weighted by molar-refractivity contribution is -0.118. The molecule has 104 valence electrons. The van der Waals surface area contributed by atoms with Crippen LogP contribution in [0.4, 0.5) is 0 Å². The number of hydrogen-bond acceptors (Lipinski definition) is 3. The summed E-state index contributed by atoms with van der Waals surface area (Å²) < 4.78 is 0. The summed E-state index contributed by atoms with van der Waals surface area (Å²) in [6, 6.07) is 0. The molecule has 6 nitrogen and oxygen atoms in total. The summed E-state index contributed by atoms with van der Waals surface area (Å²) in [5.74, 6) is -2.40. The lowest BCUT2D eigenvalue weighted by atomic mass is 9.85. The first-order valence-electron chi connectivity index (χ1n) is 5.54. The van der Waals surface area contributed by atoms with Crippen molar-refractivity contribution >= 4 is 17.7 Å². The van der Waals surface area contributed by atoms with Gasteiger partial charge in [-0.2, -0.15) is 0 Å². The van der Waals surface area contributed by atoms with E-state index in [4.69, 9.17) is 0 Å². The van der Waals surface area contributed by atoms with Crippen LogP contribution < -0.4 is 16.0 Å². The highest BCUT2D eigenvalue weighted by Gasteiger charge is 2.30. The van der Waals surface area contributed by atoms with Crippen molar-refractivity contribution in [1.82, 2.24) is 16.0 Å². The van der Waals surface area contributed by atoms with Crippen molar-refractivity contribution in [2.75, 3.05) is 21.1 Å². The van der Waals surface area contributed by atoms with Crippen LogP contribution in [0.2, 0.25) is 0 Å². The van der Waals surface area contributed by atoms with Gasteiger partial charge in [0.05, 0.1) is 0 Å². The van der Waals surface area contributed by atoms with Crippen LogP contribution in [-0.4, -0.2) is 38.9 Å². The Bertz CT molecular complexity index is 385. The lowest BCUT2D eigenvalue weighted by Gasteiger charge is -2.21. The minimum atomic E-state index is -0.945. The van der Waals surface area contributed by atoms with Crippen LogP contribution in [0.5, 0.6) is 0 Å². The molecule has 0 atom stereocenters. The van der Waals surface area contributed by atoms with Gasteiger partial charge in [0.2, 0.25) is 17.7 Å². The van der Waals surface area contributed by atoms with Gasteiger partial charge in [0.15, 0.2) is 0 Å². The quantitative estimate of drug-likeness (QED) is 0.566. The van der Waals surface area contributed by atoms with Gasteiger partial charge in [-0.3, -0.25) is 14.4 Å². The van der Waals surface area contributed by atoms with E-state index in [1.807, 2.05) is 0 Å². The van der Waals surface area contributed by atoms with E-state index >= 15 is 0 Å². The molecule has 0 aliphatic carbocycles. The van der Waals surface area contributed by atoms with Crippen molar-refractivity contribution in [3.05, 3.63) is 36.5 Å². The van der Waals surface area contributed by atoms with Crippen LogP contribution in [0, 0.1) is 5.92 Å². The van der Waals surface area contributed by atoms with Crippen LogP contribution >= 0.6 is 0 Å². The molecule has 0 radical (unpaired) electrons. The Morgan fingerprint density at radius 3 is 1.05 bits per heavy atom. The number of carbonyl (C=O) groups excluding carboxylic acids is 3. The van der Waals surface area contributed by atoms with Crippen molar-refractivity contribution < 1.29 is 14.4 Å². The number of amides is 3. The molecule has 0 saturated heterocycles. The Hall–Kier alpha value is -2.37. The highest BCUT2D eigenvalue weighted by molar-refractivity contribution is 6.05. The summed E-state index contributed by atoms with van der Waals surface area (Å²) in [6.07, 6.45) is 0. The molecule has 0 spiro atoms. The molecule has 0 rings (SSSR count). The molecule has 19 heavy (non-hydrogen) atoms. The average molecular weight is 265 g/mol. The fraction of sp³-hybridized carbons (Fsp3) is 0.308. The number of likely N-dealkylation sites (N-methyl/N-ethyl adjacent to an activating group) is 3. The molecule has 0 aromatic heterocycles. The molecule has 0 saturated carbocycles. The van der Waals surface area contributed by atoms with Gasteiger partial charge in [0, 0.05) is 43.8 Å². The number of rotatable bonds is 6. The van der Waals surface area contributed by atoms with E-state index in [9.17, 15) is 14.4 Å². The molecule has 6 heteroatoms. The Morgan fingerprint density at radius 2 is 0.895 bits per heavy atom. The molecule has 3 N–H and O–H groups in total. The van der Waals surface area contributed by atoms with E-state index < -0.39 is 23.6 Å². The minimum absolute atomic E-state index is 0.0321. The van der Waals surface area contributed by atoms with E-state index in [2.05, 4.69) is 35.7 Å². The molecule has 0 aliphatic rings. The first-order chi connectivity index (χ1) is 8.81. The van der Waals surface area contributed by atoms with E-state index in [1.54, 1.807) is 0 Å². The standard InChI is InChI=1S/C13H19N3O3/c1-7(11(17)14-4)10(8(2)12(18)15-5)9(3)13(19)16-6/h10H,1-3H2,4-6H3,(H,14,17)(H,15,18)(H,16,19). The zero-order valence-electron chi connectivity index (χ0n) is 11.4. The van der Waals surface area contributed by atoms with E-state index in [-0.39, 0.29) is 16.7 Å². The Morgan fingerprint density at radius 1 is 0.684 bits per heavy atom. The molecule has 0 aromatic carbocycles. The molecule has 0 aliphatic heterocycles. The zero-order chi connectivity index (χ0) is 15.2. The fourth-order valence-corrected chi connectivity index (χ4v) is 1.51. The van der Waals surface area contributed by atoms with Gasteiger partial charge in [0.25, 0.3) is 0 Å². The number of hydrogen-bond donors (Lipinski definition) is 3. The maximum atomic E-state index is 11.6. The minimum Gasteiger partial charge on any atom is -0.355 e. The summed E-state index contributed by atoms with van der Waals surface area (Å²) in [4.78, 5) is 34.9. The third kappa shape index (κ3) is 3.80. The van der Waals surface area contributed by atoms with Crippen LogP contribution in [0.3, 0.4) is 0 Å². The highest BCUT2D eigenvalue weighted by Crippen LogP contribution is 2.26. The first kappa shape index (κ1) is 16.6. The molecule has 0 fully saturated rings. The SMILES string of the molecule is C=C(C(=O)NC)C(C(=C)C(=O)NC)C(=C)C(=O)NC.